The first-order valence-electron chi connectivity index (χ1n) is 7.02. The van der Waals surface area contributed by atoms with Crippen LogP contribution in [0.1, 0.15) is 38.7 Å². The minimum Gasteiger partial charge on any atom is -0.496 e. The molecule has 3 heteroatoms. The molecule has 0 saturated heterocycles. The molecule has 0 aliphatic heterocycles. The molecule has 1 aliphatic carbocycles. The lowest BCUT2D eigenvalue weighted by atomic mass is 9.76. The first kappa shape index (κ1) is 14.9. The molecule has 2 nitrogen and oxygen atoms in total. The highest BCUT2D eigenvalue weighted by Crippen LogP contribution is 2.44. The summed E-state index contributed by atoms with van der Waals surface area (Å²) in [5.41, 5.74) is 8.13. The molecular weight excluding hydrogens is 302 g/mol. The lowest BCUT2D eigenvalue weighted by molar-refractivity contribution is 0.220. The Labute approximate surface area is 124 Å². The van der Waals surface area contributed by atoms with Gasteiger partial charge in [-0.3, -0.25) is 0 Å². The summed E-state index contributed by atoms with van der Waals surface area (Å²) in [5.74, 6) is 1.51. The summed E-state index contributed by atoms with van der Waals surface area (Å²) in [5, 5.41) is 0. The van der Waals surface area contributed by atoms with E-state index in [4.69, 9.17) is 10.5 Å². The van der Waals surface area contributed by atoms with E-state index in [0.29, 0.717) is 11.3 Å². The van der Waals surface area contributed by atoms with Crippen molar-refractivity contribution >= 4 is 15.9 Å². The first-order valence-corrected chi connectivity index (χ1v) is 7.81. The van der Waals surface area contributed by atoms with Gasteiger partial charge in [0.15, 0.2) is 0 Å². The van der Waals surface area contributed by atoms with Crippen molar-refractivity contribution in [3.8, 4) is 5.75 Å². The maximum absolute atomic E-state index is 6.46. The molecule has 0 spiro atoms. The molecule has 2 N–H and O–H groups in total. The molecule has 2 unspecified atom stereocenters. The van der Waals surface area contributed by atoms with Crippen LogP contribution in [-0.4, -0.2) is 13.2 Å². The van der Waals surface area contributed by atoms with Crippen molar-refractivity contribution in [2.75, 3.05) is 7.11 Å². The van der Waals surface area contributed by atoms with Crippen LogP contribution < -0.4 is 10.5 Å². The van der Waals surface area contributed by atoms with Crippen LogP contribution in [0.5, 0.6) is 5.75 Å². The predicted octanol–water partition coefficient (Wildman–Crippen LogP) is 4.15. The molecule has 0 amide bonds. The molecule has 0 aromatic heterocycles. The van der Waals surface area contributed by atoms with E-state index >= 15 is 0 Å². The summed E-state index contributed by atoms with van der Waals surface area (Å²) in [6.45, 7) is 4.71. The molecule has 1 aromatic carbocycles. The van der Waals surface area contributed by atoms with E-state index in [1.807, 2.05) is 6.07 Å². The lowest BCUT2D eigenvalue weighted by Gasteiger charge is -2.32. The van der Waals surface area contributed by atoms with Crippen molar-refractivity contribution < 1.29 is 4.74 Å². The van der Waals surface area contributed by atoms with Crippen LogP contribution in [0.2, 0.25) is 0 Å². The maximum atomic E-state index is 6.46. The van der Waals surface area contributed by atoms with Crippen LogP contribution in [0.25, 0.3) is 0 Å². The van der Waals surface area contributed by atoms with E-state index in [1.54, 1.807) is 7.11 Å². The van der Waals surface area contributed by atoms with Gasteiger partial charge in [0.2, 0.25) is 0 Å². The Kier molecular flexibility index (Phi) is 4.57. The summed E-state index contributed by atoms with van der Waals surface area (Å²) >= 11 is 3.54. The topological polar surface area (TPSA) is 35.2 Å². The summed E-state index contributed by atoms with van der Waals surface area (Å²) in [6, 6.07) is 6.50. The molecule has 1 fully saturated rings. The zero-order chi connectivity index (χ0) is 14.0. The highest BCUT2D eigenvalue weighted by molar-refractivity contribution is 9.10. The fourth-order valence-electron chi connectivity index (χ4n) is 3.40. The van der Waals surface area contributed by atoms with Crippen LogP contribution in [0.4, 0.5) is 0 Å². The summed E-state index contributed by atoms with van der Waals surface area (Å²) in [7, 11) is 1.69. The Bertz CT molecular complexity index is 444. The third-order valence-electron chi connectivity index (χ3n) is 4.54. The number of rotatable bonds is 4. The quantitative estimate of drug-likeness (QED) is 0.902. The van der Waals surface area contributed by atoms with E-state index in [-0.39, 0.29) is 6.04 Å². The minimum atomic E-state index is 0.248. The molecule has 1 aromatic rings. The molecule has 106 valence electrons. The third-order valence-corrected chi connectivity index (χ3v) is 5.16. The van der Waals surface area contributed by atoms with Crippen LogP contribution in [-0.2, 0) is 6.42 Å². The molecule has 1 aliphatic rings. The monoisotopic (exact) mass is 325 g/mol. The standard InChI is InChI=1S/C16H24BrNO/c1-16(2)8-4-5-12(16)14(18)10-11-6-7-15(19-3)13(17)9-11/h6-7,9,12,14H,4-5,8,10,18H2,1-3H3. The van der Waals surface area contributed by atoms with Gasteiger partial charge >= 0.3 is 0 Å². The maximum Gasteiger partial charge on any atom is 0.133 e. The van der Waals surface area contributed by atoms with Gasteiger partial charge in [-0.05, 0) is 64.2 Å². The van der Waals surface area contributed by atoms with E-state index in [2.05, 4.69) is 41.9 Å². The van der Waals surface area contributed by atoms with Crippen molar-refractivity contribution in [3.05, 3.63) is 28.2 Å². The molecule has 2 rings (SSSR count). The fourth-order valence-corrected chi connectivity index (χ4v) is 3.99. The number of nitrogens with two attached hydrogens (primary N) is 1. The van der Waals surface area contributed by atoms with Gasteiger partial charge in [0.25, 0.3) is 0 Å². The predicted molar refractivity (Wildman–Crippen MR) is 83.5 cm³/mol. The van der Waals surface area contributed by atoms with Gasteiger partial charge in [-0.2, -0.15) is 0 Å². The van der Waals surface area contributed by atoms with Crippen LogP contribution >= 0.6 is 15.9 Å². The zero-order valence-corrected chi connectivity index (χ0v) is 13.7. The largest absolute Gasteiger partial charge is 0.496 e. The number of hydrogen-bond donors (Lipinski definition) is 1. The molecule has 2 atom stereocenters. The second-order valence-corrected chi connectivity index (χ2v) is 7.18. The lowest BCUT2D eigenvalue weighted by Crippen LogP contribution is -2.38. The average molecular weight is 326 g/mol. The van der Waals surface area contributed by atoms with E-state index in [1.165, 1.54) is 24.8 Å². The van der Waals surface area contributed by atoms with Crippen LogP contribution in [0, 0.1) is 11.3 Å². The number of halogens is 1. The van der Waals surface area contributed by atoms with E-state index in [0.717, 1.165) is 16.6 Å². The normalized spacial score (nSPS) is 23.3. The number of ether oxygens (including phenoxy) is 1. The highest BCUT2D eigenvalue weighted by atomic mass is 79.9. The molecule has 0 heterocycles. The molecule has 19 heavy (non-hydrogen) atoms. The summed E-state index contributed by atoms with van der Waals surface area (Å²) in [4.78, 5) is 0. The van der Waals surface area contributed by atoms with Crippen molar-refractivity contribution in [1.82, 2.24) is 0 Å². The van der Waals surface area contributed by atoms with Crippen molar-refractivity contribution in [2.24, 2.45) is 17.1 Å². The van der Waals surface area contributed by atoms with Crippen molar-refractivity contribution in [1.29, 1.82) is 0 Å². The van der Waals surface area contributed by atoms with Gasteiger partial charge in [0, 0.05) is 6.04 Å². The number of benzene rings is 1. The van der Waals surface area contributed by atoms with Crippen LogP contribution in [0.3, 0.4) is 0 Å². The number of hydrogen-bond acceptors (Lipinski definition) is 2. The second-order valence-electron chi connectivity index (χ2n) is 6.32. The van der Waals surface area contributed by atoms with E-state index in [9.17, 15) is 0 Å². The molecule has 0 bridgehead atoms. The summed E-state index contributed by atoms with van der Waals surface area (Å²) in [6.07, 6.45) is 4.83. The minimum absolute atomic E-state index is 0.248. The molecule has 0 radical (unpaired) electrons. The Morgan fingerprint density at radius 1 is 1.47 bits per heavy atom. The first-order chi connectivity index (χ1) is 8.94. The Morgan fingerprint density at radius 2 is 2.21 bits per heavy atom. The Balaban J connectivity index is 2.06. The number of methoxy groups -OCH3 is 1. The van der Waals surface area contributed by atoms with E-state index < -0.39 is 0 Å². The van der Waals surface area contributed by atoms with Gasteiger partial charge in [-0.25, -0.2) is 0 Å². The highest BCUT2D eigenvalue weighted by Gasteiger charge is 2.37. The third kappa shape index (κ3) is 3.32. The molecular formula is C16H24BrNO. The smallest absolute Gasteiger partial charge is 0.133 e. The second kappa shape index (κ2) is 5.84. The van der Waals surface area contributed by atoms with Gasteiger partial charge in [0.05, 0.1) is 11.6 Å². The zero-order valence-electron chi connectivity index (χ0n) is 12.1. The average Bonchev–Trinajstić information content (AvgIpc) is 2.69. The van der Waals surface area contributed by atoms with Gasteiger partial charge in [-0.15, -0.1) is 0 Å². The van der Waals surface area contributed by atoms with Crippen LogP contribution in [0.15, 0.2) is 22.7 Å². The SMILES string of the molecule is COc1ccc(CC(N)C2CCCC2(C)C)cc1Br. The van der Waals surface area contributed by atoms with Gasteiger partial charge < -0.3 is 10.5 Å². The Hall–Kier alpha value is -0.540. The summed E-state index contributed by atoms with van der Waals surface area (Å²) < 4.78 is 6.26. The van der Waals surface area contributed by atoms with Crippen molar-refractivity contribution in [2.45, 2.75) is 45.6 Å². The van der Waals surface area contributed by atoms with Gasteiger partial charge in [-0.1, -0.05) is 26.3 Å². The Morgan fingerprint density at radius 3 is 2.74 bits per heavy atom. The molecule has 1 saturated carbocycles. The van der Waals surface area contributed by atoms with Crippen molar-refractivity contribution in [3.63, 3.8) is 0 Å². The fraction of sp³-hybridized carbons (Fsp3) is 0.625. The van der Waals surface area contributed by atoms with Gasteiger partial charge in [0.1, 0.15) is 5.75 Å².